The lowest BCUT2D eigenvalue weighted by Crippen LogP contribution is -2.44. The summed E-state index contributed by atoms with van der Waals surface area (Å²) in [4.78, 5) is 30.3. The number of aromatic nitrogens is 3. The van der Waals surface area contributed by atoms with E-state index in [0.717, 1.165) is 74.3 Å². The number of amides is 1. The van der Waals surface area contributed by atoms with Gasteiger partial charge in [0.2, 0.25) is 5.91 Å². The molecule has 0 unspecified atom stereocenters. The van der Waals surface area contributed by atoms with Gasteiger partial charge in [0.1, 0.15) is 29.8 Å². The molecule has 1 amide bonds. The van der Waals surface area contributed by atoms with Gasteiger partial charge in [-0.15, -0.1) is 0 Å². The summed E-state index contributed by atoms with van der Waals surface area (Å²) in [5.41, 5.74) is 1.59. The van der Waals surface area contributed by atoms with Crippen LogP contribution in [0.3, 0.4) is 0 Å². The average Bonchev–Trinajstić information content (AvgIpc) is 3.46. The van der Waals surface area contributed by atoms with Crippen molar-refractivity contribution in [3.63, 3.8) is 0 Å². The lowest BCUT2D eigenvalue weighted by atomic mass is 10.0. The Balaban J connectivity index is 1.24. The highest BCUT2D eigenvalue weighted by atomic mass is 35.5. The Bertz CT molecular complexity index is 1240. The Morgan fingerprint density at radius 1 is 1.08 bits per heavy atom. The van der Waals surface area contributed by atoms with Crippen LogP contribution in [0.15, 0.2) is 36.8 Å². The molecule has 1 N–H and O–H groups in total. The number of carbonyl (C=O) groups excluding carboxylic acids is 1. The molecule has 196 valence electrons. The maximum absolute atomic E-state index is 12.7. The van der Waals surface area contributed by atoms with E-state index in [2.05, 4.69) is 39.0 Å². The summed E-state index contributed by atoms with van der Waals surface area (Å²) in [6.07, 6.45) is 9.48. The molecule has 2 fully saturated rings. The maximum atomic E-state index is 12.7. The van der Waals surface area contributed by atoms with Crippen LogP contribution in [0.25, 0.3) is 10.9 Å². The monoisotopic (exact) mass is 522 g/mol. The highest BCUT2D eigenvalue weighted by Gasteiger charge is 2.30. The lowest BCUT2D eigenvalue weighted by Gasteiger charge is -2.33. The molecule has 37 heavy (non-hydrogen) atoms. The van der Waals surface area contributed by atoms with Crippen LogP contribution in [0.4, 0.5) is 17.3 Å². The van der Waals surface area contributed by atoms with Gasteiger partial charge in [0.05, 0.1) is 16.7 Å². The third-order valence-electron chi connectivity index (χ3n) is 7.54. The van der Waals surface area contributed by atoms with E-state index in [-0.39, 0.29) is 12.0 Å². The minimum Gasteiger partial charge on any atom is -0.489 e. The van der Waals surface area contributed by atoms with Crippen LogP contribution in [-0.4, -0.2) is 58.0 Å². The molecular formula is C28H35ClN6O2. The Hall–Kier alpha value is -3.13. The molecule has 1 aromatic carbocycles. The quantitative estimate of drug-likeness (QED) is 0.398. The summed E-state index contributed by atoms with van der Waals surface area (Å²) in [6.45, 7) is 7.48. The van der Waals surface area contributed by atoms with E-state index < -0.39 is 0 Å². The van der Waals surface area contributed by atoms with Gasteiger partial charge in [0.15, 0.2) is 0 Å². The number of benzene rings is 1. The number of pyridine rings is 1. The molecule has 0 radical (unpaired) electrons. The second-order valence-electron chi connectivity index (χ2n) is 9.85. The summed E-state index contributed by atoms with van der Waals surface area (Å²) in [7, 11) is 0. The van der Waals surface area contributed by atoms with E-state index in [0.29, 0.717) is 22.5 Å². The van der Waals surface area contributed by atoms with Gasteiger partial charge in [-0.05, 0) is 51.0 Å². The molecule has 3 aromatic rings. The third kappa shape index (κ3) is 5.74. The van der Waals surface area contributed by atoms with E-state index in [1.807, 2.05) is 29.2 Å². The topological polar surface area (TPSA) is 83.5 Å². The van der Waals surface area contributed by atoms with Crippen LogP contribution < -0.4 is 15.0 Å². The molecule has 2 aromatic heterocycles. The summed E-state index contributed by atoms with van der Waals surface area (Å²) in [5.74, 6) is 2.83. The van der Waals surface area contributed by atoms with Crippen molar-refractivity contribution in [2.24, 2.45) is 5.92 Å². The molecule has 2 aliphatic rings. The first-order valence-electron chi connectivity index (χ1n) is 13.4. The van der Waals surface area contributed by atoms with Crippen LogP contribution in [0.2, 0.25) is 5.02 Å². The molecule has 0 bridgehead atoms. The van der Waals surface area contributed by atoms with Gasteiger partial charge in [-0.1, -0.05) is 24.4 Å². The van der Waals surface area contributed by atoms with Gasteiger partial charge < -0.3 is 19.9 Å². The fraction of sp³-hybridized carbons (Fsp3) is 0.500. The number of nitrogens with one attached hydrogen (secondary N) is 1. The fourth-order valence-corrected chi connectivity index (χ4v) is 5.61. The minimum absolute atomic E-state index is 0.0562. The first-order valence-corrected chi connectivity index (χ1v) is 13.8. The van der Waals surface area contributed by atoms with Gasteiger partial charge in [-0.3, -0.25) is 4.79 Å². The van der Waals surface area contributed by atoms with Gasteiger partial charge in [-0.25, -0.2) is 15.0 Å². The number of halogens is 1. The predicted molar refractivity (Wildman–Crippen MR) is 148 cm³/mol. The number of likely N-dealkylation sites (tertiary alicyclic amines) is 1. The Morgan fingerprint density at radius 2 is 1.84 bits per heavy atom. The highest BCUT2D eigenvalue weighted by Crippen LogP contribution is 2.33. The second kappa shape index (κ2) is 11.5. The van der Waals surface area contributed by atoms with Gasteiger partial charge in [-0.2, -0.15) is 0 Å². The Morgan fingerprint density at radius 3 is 2.54 bits per heavy atom. The summed E-state index contributed by atoms with van der Waals surface area (Å²) in [5, 5.41) is 4.82. The Labute approximate surface area is 223 Å². The van der Waals surface area contributed by atoms with Crippen molar-refractivity contribution >= 4 is 45.7 Å². The number of piperidine rings is 1. The summed E-state index contributed by atoms with van der Waals surface area (Å²) < 4.78 is 6.24. The number of fused-ring (bicyclic) bond motifs is 1. The number of hydrogen-bond donors (Lipinski definition) is 1. The second-order valence-corrected chi connectivity index (χ2v) is 10.3. The molecule has 3 heterocycles. The molecule has 0 spiro atoms. The Kier molecular flexibility index (Phi) is 7.93. The van der Waals surface area contributed by atoms with Crippen LogP contribution in [0.1, 0.15) is 52.4 Å². The van der Waals surface area contributed by atoms with E-state index in [1.54, 1.807) is 6.20 Å². The van der Waals surface area contributed by atoms with Crippen molar-refractivity contribution in [2.45, 2.75) is 58.5 Å². The van der Waals surface area contributed by atoms with Gasteiger partial charge >= 0.3 is 0 Å². The van der Waals surface area contributed by atoms with Crippen molar-refractivity contribution in [1.29, 1.82) is 0 Å². The lowest BCUT2D eigenvalue weighted by molar-refractivity contribution is -0.137. The van der Waals surface area contributed by atoms with E-state index >= 15 is 0 Å². The van der Waals surface area contributed by atoms with Crippen LogP contribution in [-0.2, 0) is 4.79 Å². The van der Waals surface area contributed by atoms with Gasteiger partial charge in [0, 0.05) is 56.0 Å². The number of anilines is 3. The molecule has 1 saturated heterocycles. The number of nitrogens with zero attached hydrogens (tertiary/aromatic N) is 5. The molecule has 5 rings (SSSR count). The third-order valence-corrected chi connectivity index (χ3v) is 7.84. The number of ether oxygens (including phenoxy) is 1. The zero-order valence-corrected chi connectivity index (χ0v) is 22.4. The largest absolute Gasteiger partial charge is 0.489 e. The number of hydrogen-bond acceptors (Lipinski definition) is 7. The molecule has 0 atom stereocenters. The van der Waals surface area contributed by atoms with Gasteiger partial charge in [0.25, 0.3) is 0 Å². The van der Waals surface area contributed by atoms with Crippen molar-refractivity contribution < 1.29 is 9.53 Å². The van der Waals surface area contributed by atoms with Crippen LogP contribution in [0.5, 0.6) is 5.75 Å². The van der Waals surface area contributed by atoms with Crippen molar-refractivity contribution in [3.05, 3.63) is 41.8 Å². The number of carbonyl (C=O) groups is 1. The molecule has 1 saturated carbocycles. The smallest absolute Gasteiger partial charge is 0.225 e. The zero-order valence-electron chi connectivity index (χ0n) is 21.6. The maximum Gasteiger partial charge on any atom is 0.225 e. The molecule has 1 aliphatic carbocycles. The standard InChI is InChI=1S/C28H35ClN6O2/c1-3-34(4-2)26-16-22-24(17-30-26)31-18-32-27(22)33-20-9-10-25(23(29)15-20)37-21-11-13-35(14-12-21)28(36)19-7-5-6-8-19/h9-10,15-19,21H,3-8,11-14H2,1-2H3,(H,31,32,33). The first kappa shape index (κ1) is 25.5. The van der Waals surface area contributed by atoms with Crippen molar-refractivity contribution in [1.82, 2.24) is 19.9 Å². The molecule has 8 nitrogen and oxygen atoms in total. The predicted octanol–water partition coefficient (Wildman–Crippen LogP) is 5.83. The van der Waals surface area contributed by atoms with Crippen LogP contribution >= 0.6 is 11.6 Å². The van der Waals surface area contributed by atoms with Crippen molar-refractivity contribution in [2.75, 3.05) is 36.4 Å². The first-order chi connectivity index (χ1) is 18.1. The average molecular weight is 523 g/mol. The fourth-order valence-electron chi connectivity index (χ4n) is 5.38. The molecular weight excluding hydrogens is 488 g/mol. The summed E-state index contributed by atoms with van der Waals surface area (Å²) >= 11 is 6.62. The van der Waals surface area contributed by atoms with Crippen molar-refractivity contribution in [3.8, 4) is 5.75 Å². The molecule has 9 heteroatoms. The number of rotatable bonds is 8. The van der Waals surface area contributed by atoms with E-state index in [9.17, 15) is 4.79 Å². The van der Waals surface area contributed by atoms with Crippen LogP contribution in [0, 0.1) is 5.92 Å². The summed E-state index contributed by atoms with van der Waals surface area (Å²) in [6, 6.07) is 7.72. The van der Waals surface area contributed by atoms with E-state index in [1.165, 1.54) is 19.2 Å². The SMILES string of the molecule is CCN(CC)c1cc2c(Nc3ccc(OC4CCN(C(=O)C5CCCC5)CC4)c(Cl)c3)ncnc2cn1. The zero-order chi connectivity index (χ0) is 25.8. The molecule has 1 aliphatic heterocycles. The highest BCUT2D eigenvalue weighted by molar-refractivity contribution is 6.32. The van der Waals surface area contributed by atoms with E-state index in [4.69, 9.17) is 16.3 Å². The normalized spacial score (nSPS) is 16.8. The minimum atomic E-state index is 0.0562.